The summed E-state index contributed by atoms with van der Waals surface area (Å²) in [6.45, 7) is 9.59. The van der Waals surface area contributed by atoms with E-state index in [0.29, 0.717) is 12.3 Å². The fraction of sp³-hybridized carbons (Fsp3) is 0.586. The number of carbonyl (C=O) groups excluding carboxylic acids is 1. The zero-order chi connectivity index (χ0) is 26.0. The van der Waals surface area contributed by atoms with E-state index in [9.17, 15) is 10.1 Å². The van der Waals surface area contributed by atoms with Gasteiger partial charge in [0.1, 0.15) is 11.4 Å². The van der Waals surface area contributed by atoms with E-state index >= 15 is 0 Å². The molecule has 0 radical (unpaired) electrons. The number of carbonyl (C=O) groups is 1. The summed E-state index contributed by atoms with van der Waals surface area (Å²) in [6, 6.07) is 2.41. The highest BCUT2D eigenvalue weighted by molar-refractivity contribution is 6.11. The van der Waals surface area contributed by atoms with Gasteiger partial charge in [0, 0.05) is 68.2 Å². The van der Waals surface area contributed by atoms with Crippen molar-refractivity contribution in [3.8, 4) is 6.07 Å². The van der Waals surface area contributed by atoms with Gasteiger partial charge < -0.3 is 10.2 Å². The second kappa shape index (κ2) is 10.3. The normalized spacial score (nSPS) is 25.9. The average Bonchev–Trinajstić information content (AvgIpc) is 3.58. The number of hydrogen-bond donors (Lipinski definition) is 1. The van der Waals surface area contributed by atoms with Gasteiger partial charge in [-0.2, -0.15) is 10.4 Å². The first-order valence-electron chi connectivity index (χ1n) is 13.7. The van der Waals surface area contributed by atoms with Crippen LogP contribution in [0.25, 0.3) is 5.57 Å². The Kier molecular flexibility index (Phi) is 7.09. The molecule has 0 atom stereocenters. The van der Waals surface area contributed by atoms with Crippen LogP contribution >= 0.6 is 0 Å². The van der Waals surface area contributed by atoms with Gasteiger partial charge in [0.2, 0.25) is 5.91 Å². The largest absolute Gasteiger partial charge is 0.346 e. The molecule has 4 heterocycles. The Morgan fingerprint density at radius 2 is 2.03 bits per heavy atom. The summed E-state index contributed by atoms with van der Waals surface area (Å²) in [5.41, 5.74) is 2.63. The molecule has 8 nitrogen and oxygen atoms in total. The van der Waals surface area contributed by atoms with Crippen molar-refractivity contribution in [1.29, 1.82) is 5.26 Å². The van der Waals surface area contributed by atoms with E-state index in [2.05, 4.69) is 39.7 Å². The standard InChI is InChI=1S/C29H39N7O/c1-4-24(25-10-15-32-26(25)31-3)23-18-33-36(19-23)29(11-14-30)20-35(21-29)28(2)12-16-34(17-13-28)27(37)22-8-6-5-7-9-22/h4,10,15,18-19,22H,1,5-9,11-13,16-17,20-21H2,2-3H3,(H,31,32)/b25-24+. The number of amides is 1. The summed E-state index contributed by atoms with van der Waals surface area (Å²) in [5.74, 6) is 1.43. The van der Waals surface area contributed by atoms with Crippen LogP contribution in [0.2, 0.25) is 0 Å². The second-order valence-corrected chi connectivity index (χ2v) is 11.3. The lowest BCUT2D eigenvalue weighted by molar-refractivity contribution is -0.142. The Morgan fingerprint density at radius 3 is 2.68 bits per heavy atom. The van der Waals surface area contributed by atoms with Crippen molar-refractivity contribution in [3.63, 3.8) is 0 Å². The molecule has 8 heteroatoms. The fourth-order valence-electron chi connectivity index (χ4n) is 6.53. The summed E-state index contributed by atoms with van der Waals surface area (Å²) in [5, 5.41) is 17.6. The summed E-state index contributed by atoms with van der Waals surface area (Å²) in [4.78, 5) is 22.0. The van der Waals surface area contributed by atoms with Crippen LogP contribution in [0.15, 0.2) is 47.9 Å². The van der Waals surface area contributed by atoms with Crippen molar-refractivity contribution in [2.45, 2.75) is 69.4 Å². The van der Waals surface area contributed by atoms with E-state index in [0.717, 1.165) is 74.4 Å². The van der Waals surface area contributed by atoms with E-state index < -0.39 is 0 Å². The fourth-order valence-corrected chi connectivity index (χ4v) is 6.53. The molecule has 1 saturated carbocycles. The van der Waals surface area contributed by atoms with Crippen LogP contribution in [0, 0.1) is 17.2 Å². The molecule has 0 aromatic carbocycles. The van der Waals surface area contributed by atoms with Gasteiger partial charge in [-0.25, -0.2) is 0 Å². The lowest BCUT2D eigenvalue weighted by atomic mass is 9.77. The maximum atomic E-state index is 13.0. The van der Waals surface area contributed by atoms with Gasteiger partial charge in [0.15, 0.2) is 0 Å². The van der Waals surface area contributed by atoms with Gasteiger partial charge in [0.05, 0.1) is 18.7 Å². The minimum absolute atomic E-state index is 0.0410. The summed E-state index contributed by atoms with van der Waals surface area (Å²) >= 11 is 0. The molecule has 5 rings (SSSR count). The third kappa shape index (κ3) is 4.66. The minimum Gasteiger partial charge on any atom is -0.346 e. The van der Waals surface area contributed by atoms with Crippen LogP contribution in [-0.4, -0.2) is 70.1 Å². The molecule has 1 N–H and O–H groups in total. The Morgan fingerprint density at radius 1 is 1.30 bits per heavy atom. The third-order valence-electron chi connectivity index (χ3n) is 9.07. The first-order chi connectivity index (χ1) is 17.9. The molecular formula is C29H39N7O. The van der Waals surface area contributed by atoms with Crippen molar-refractivity contribution in [2.24, 2.45) is 10.9 Å². The predicted octanol–water partition coefficient (Wildman–Crippen LogP) is 3.85. The number of nitrogens with zero attached hydrogens (tertiary/aromatic N) is 6. The van der Waals surface area contributed by atoms with Crippen LogP contribution < -0.4 is 5.32 Å². The van der Waals surface area contributed by atoms with E-state index in [1.807, 2.05) is 35.4 Å². The van der Waals surface area contributed by atoms with Crippen LogP contribution in [0.5, 0.6) is 0 Å². The number of allylic oxidation sites excluding steroid dienone is 2. The molecule has 4 aliphatic rings. The van der Waals surface area contributed by atoms with Gasteiger partial charge in [-0.1, -0.05) is 31.9 Å². The highest BCUT2D eigenvalue weighted by Crippen LogP contribution is 2.42. The molecule has 2 saturated heterocycles. The summed E-state index contributed by atoms with van der Waals surface area (Å²) in [7, 11) is 1.77. The highest BCUT2D eigenvalue weighted by atomic mass is 16.2. The van der Waals surface area contributed by atoms with Gasteiger partial charge >= 0.3 is 0 Å². The molecule has 3 aliphatic heterocycles. The molecule has 1 aromatic heterocycles. The average molecular weight is 502 g/mol. The predicted molar refractivity (Wildman–Crippen MR) is 146 cm³/mol. The zero-order valence-corrected chi connectivity index (χ0v) is 22.2. The summed E-state index contributed by atoms with van der Waals surface area (Å²) < 4.78 is 1.99. The second-order valence-electron chi connectivity index (χ2n) is 11.3. The molecule has 37 heavy (non-hydrogen) atoms. The van der Waals surface area contributed by atoms with Gasteiger partial charge in [-0.15, -0.1) is 0 Å². The number of nitriles is 1. The van der Waals surface area contributed by atoms with E-state index in [1.54, 1.807) is 7.05 Å². The molecular weight excluding hydrogens is 462 g/mol. The SMILES string of the molecule is C=C/C(=C1/C=CNC1=NC)c1cnn(C2(CC#N)CN(C3(C)CCN(C(=O)C4CCCCC4)CC3)C2)c1. The number of amidine groups is 1. The highest BCUT2D eigenvalue weighted by Gasteiger charge is 2.52. The quantitative estimate of drug-likeness (QED) is 0.640. The zero-order valence-electron chi connectivity index (χ0n) is 22.2. The maximum absolute atomic E-state index is 13.0. The molecule has 1 aromatic rings. The van der Waals surface area contributed by atoms with Crippen molar-refractivity contribution in [2.75, 3.05) is 33.2 Å². The minimum atomic E-state index is -0.340. The lowest BCUT2D eigenvalue weighted by Gasteiger charge is -2.58. The first-order valence-corrected chi connectivity index (χ1v) is 13.7. The van der Waals surface area contributed by atoms with Crippen LogP contribution in [0.3, 0.4) is 0 Å². The Bertz CT molecular complexity index is 1160. The monoisotopic (exact) mass is 501 g/mol. The van der Waals surface area contributed by atoms with Gasteiger partial charge in [-0.05, 0) is 44.3 Å². The molecule has 1 amide bonds. The summed E-state index contributed by atoms with van der Waals surface area (Å²) in [6.07, 6.45) is 17.8. The maximum Gasteiger partial charge on any atom is 0.225 e. The van der Waals surface area contributed by atoms with E-state index in [4.69, 9.17) is 5.10 Å². The number of aromatic nitrogens is 2. The molecule has 196 valence electrons. The third-order valence-corrected chi connectivity index (χ3v) is 9.07. The molecule has 0 unspecified atom stereocenters. The number of piperidine rings is 1. The van der Waals surface area contributed by atoms with Gasteiger partial charge in [0.25, 0.3) is 0 Å². The smallest absolute Gasteiger partial charge is 0.225 e. The Balaban J connectivity index is 1.27. The number of hydrogen-bond acceptors (Lipinski definition) is 5. The topological polar surface area (TPSA) is 89.5 Å². The Labute approximate surface area is 220 Å². The van der Waals surface area contributed by atoms with Crippen molar-refractivity contribution >= 4 is 17.3 Å². The van der Waals surface area contributed by atoms with Gasteiger partial charge in [-0.3, -0.25) is 19.4 Å². The van der Waals surface area contributed by atoms with Crippen LogP contribution in [0.4, 0.5) is 0 Å². The van der Waals surface area contributed by atoms with Crippen LogP contribution in [-0.2, 0) is 10.3 Å². The van der Waals surface area contributed by atoms with Crippen molar-refractivity contribution < 1.29 is 4.79 Å². The number of aliphatic imine (C=N–C) groups is 1. The van der Waals surface area contributed by atoms with Crippen molar-refractivity contribution in [3.05, 3.63) is 48.5 Å². The first kappa shape index (κ1) is 25.5. The Hall–Kier alpha value is -3.18. The van der Waals surface area contributed by atoms with Crippen molar-refractivity contribution in [1.82, 2.24) is 24.9 Å². The van der Waals surface area contributed by atoms with E-state index in [-0.39, 0.29) is 17.0 Å². The number of likely N-dealkylation sites (tertiary alicyclic amines) is 2. The lowest BCUT2D eigenvalue weighted by Crippen LogP contribution is -2.70. The number of nitrogens with one attached hydrogen (secondary N) is 1. The van der Waals surface area contributed by atoms with Crippen LogP contribution in [0.1, 0.15) is 63.9 Å². The molecule has 0 bridgehead atoms. The molecule has 3 fully saturated rings. The number of rotatable bonds is 6. The molecule has 1 aliphatic carbocycles. The van der Waals surface area contributed by atoms with E-state index in [1.165, 1.54) is 19.3 Å². The molecule has 0 spiro atoms.